The molecule has 0 fully saturated rings. The van der Waals surface area contributed by atoms with Gasteiger partial charge in [-0.1, -0.05) is 18.2 Å². The molecule has 1 aliphatic heterocycles. The largest absolute Gasteiger partial charge is 0.493 e. The van der Waals surface area contributed by atoms with Crippen molar-refractivity contribution < 1.29 is 14.3 Å². The summed E-state index contributed by atoms with van der Waals surface area (Å²) in [6.45, 7) is 7.15. The Labute approximate surface area is 158 Å². The zero-order valence-corrected chi connectivity index (χ0v) is 15.9. The summed E-state index contributed by atoms with van der Waals surface area (Å²) in [7, 11) is 0. The first-order chi connectivity index (χ1) is 13.1. The second-order valence-electron chi connectivity index (χ2n) is 6.79. The summed E-state index contributed by atoms with van der Waals surface area (Å²) < 4.78 is 11.8. The fourth-order valence-electron chi connectivity index (χ4n) is 3.72. The van der Waals surface area contributed by atoms with Gasteiger partial charge in [0.2, 0.25) is 0 Å². The number of amides is 1. The molecule has 5 nitrogen and oxygen atoms in total. The van der Waals surface area contributed by atoms with Crippen molar-refractivity contribution in [2.24, 2.45) is 0 Å². The maximum atomic E-state index is 13.2. The number of H-pyrrole nitrogens is 1. The van der Waals surface area contributed by atoms with Crippen LogP contribution in [0.25, 0.3) is 10.9 Å². The summed E-state index contributed by atoms with van der Waals surface area (Å²) in [6, 6.07) is 13.6. The lowest BCUT2D eigenvalue weighted by Gasteiger charge is -2.20. The molecule has 1 aliphatic rings. The summed E-state index contributed by atoms with van der Waals surface area (Å²) >= 11 is 0. The number of carbonyl (C=O) groups excluding carboxylic acids is 1. The van der Waals surface area contributed by atoms with E-state index in [1.165, 1.54) is 0 Å². The first-order valence-corrected chi connectivity index (χ1v) is 9.47. The van der Waals surface area contributed by atoms with E-state index in [2.05, 4.69) is 11.9 Å². The molecule has 0 saturated carbocycles. The van der Waals surface area contributed by atoms with Crippen LogP contribution in [0.3, 0.4) is 0 Å². The molecule has 2 aromatic carbocycles. The van der Waals surface area contributed by atoms with Crippen molar-refractivity contribution >= 4 is 22.5 Å². The van der Waals surface area contributed by atoms with Gasteiger partial charge in [-0.2, -0.15) is 0 Å². The van der Waals surface area contributed by atoms with E-state index >= 15 is 0 Å². The summed E-state index contributed by atoms with van der Waals surface area (Å²) in [5.74, 6) is 1.56. The monoisotopic (exact) mass is 364 g/mol. The third-order valence-electron chi connectivity index (χ3n) is 4.89. The Kier molecular flexibility index (Phi) is 4.52. The zero-order valence-electron chi connectivity index (χ0n) is 15.9. The fraction of sp³-hybridized carbons (Fsp3) is 0.318. The minimum atomic E-state index is -0.0675. The number of nitrogens with zero attached hydrogens (tertiary/aromatic N) is 1. The van der Waals surface area contributed by atoms with Crippen LogP contribution in [0.5, 0.6) is 11.5 Å². The highest BCUT2D eigenvalue weighted by Gasteiger charge is 2.27. The van der Waals surface area contributed by atoms with Crippen LogP contribution in [-0.4, -0.2) is 30.1 Å². The van der Waals surface area contributed by atoms with E-state index in [-0.39, 0.29) is 12.0 Å². The molecular formula is C22H24N2O3. The van der Waals surface area contributed by atoms with Crippen molar-refractivity contribution in [1.82, 2.24) is 4.98 Å². The molecule has 0 unspecified atom stereocenters. The Balaban J connectivity index is 1.80. The van der Waals surface area contributed by atoms with Gasteiger partial charge in [-0.3, -0.25) is 4.79 Å². The van der Waals surface area contributed by atoms with E-state index in [9.17, 15) is 4.79 Å². The molecular weight excluding hydrogens is 340 g/mol. The molecule has 0 bridgehead atoms. The van der Waals surface area contributed by atoms with Gasteiger partial charge in [0.15, 0.2) is 0 Å². The van der Waals surface area contributed by atoms with Crippen LogP contribution in [0.4, 0.5) is 5.69 Å². The van der Waals surface area contributed by atoms with Crippen molar-refractivity contribution in [3.05, 3.63) is 53.7 Å². The number of fused-ring (bicyclic) bond motifs is 3. The quantitative estimate of drug-likeness (QED) is 0.722. The van der Waals surface area contributed by atoms with Crippen LogP contribution in [0.2, 0.25) is 0 Å². The molecule has 27 heavy (non-hydrogen) atoms. The van der Waals surface area contributed by atoms with Gasteiger partial charge in [0.1, 0.15) is 23.3 Å². The number of hydrogen-bond acceptors (Lipinski definition) is 3. The molecule has 3 aromatic rings. The van der Waals surface area contributed by atoms with Crippen molar-refractivity contribution in [2.75, 3.05) is 18.1 Å². The number of anilines is 1. The Morgan fingerprint density at radius 3 is 2.74 bits per heavy atom. The Bertz CT molecular complexity index is 978. The highest BCUT2D eigenvalue weighted by atomic mass is 16.5. The van der Waals surface area contributed by atoms with E-state index in [0.717, 1.165) is 40.1 Å². The first-order valence-electron chi connectivity index (χ1n) is 9.47. The maximum absolute atomic E-state index is 13.2. The van der Waals surface area contributed by atoms with Gasteiger partial charge < -0.3 is 19.4 Å². The molecule has 140 valence electrons. The van der Waals surface area contributed by atoms with Gasteiger partial charge in [0.05, 0.1) is 12.1 Å². The highest BCUT2D eigenvalue weighted by Crippen LogP contribution is 2.41. The van der Waals surface area contributed by atoms with Crippen molar-refractivity contribution in [3.8, 4) is 11.5 Å². The summed E-state index contributed by atoms with van der Waals surface area (Å²) in [5.41, 5.74) is 3.37. The average molecular weight is 364 g/mol. The van der Waals surface area contributed by atoms with E-state index in [0.29, 0.717) is 18.8 Å². The minimum Gasteiger partial charge on any atom is -0.493 e. The predicted molar refractivity (Wildman–Crippen MR) is 107 cm³/mol. The second kappa shape index (κ2) is 6.99. The van der Waals surface area contributed by atoms with Crippen LogP contribution in [-0.2, 0) is 6.42 Å². The predicted octanol–water partition coefficient (Wildman–Crippen LogP) is 4.56. The number of benzene rings is 2. The lowest BCUT2D eigenvalue weighted by molar-refractivity contribution is 0.0984. The smallest absolute Gasteiger partial charge is 0.274 e. The number of aromatic amines is 1. The third-order valence-corrected chi connectivity index (χ3v) is 4.89. The third kappa shape index (κ3) is 3.03. The zero-order chi connectivity index (χ0) is 19.0. The number of carbonyl (C=O) groups is 1. The molecule has 1 atom stereocenters. The lowest BCUT2D eigenvalue weighted by atomic mass is 10.1. The number of aromatic nitrogens is 1. The fourth-order valence-corrected chi connectivity index (χ4v) is 3.72. The van der Waals surface area contributed by atoms with Crippen molar-refractivity contribution in [1.29, 1.82) is 0 Å². The summed E-state index contributed by atoms with van der Waals surface area (Å²) in [6.07, 6.45) is 0.970. The molecule has 0 spiro atoms. The van der Waals surface area contributed by atoms with Crippen LogP contribution in [0.1, 0.15) is 36.8 Å². The molecule has 0 saturated heterocycles. The Morgan fingerprint density at radius 1 is 1.26 bits per heavy atom. The molecule has 0 radical (unpaired) electrons. The molecule has 4 rings (SSSR count). The number of nitrogens with one attached hydrogen (secondary N) is 1. The summed E-state index contributed by atoms with van der Waals surface area (Å²) in [4.78, 5) is 18.3. The van der Waals surface area contributed by atoms with Crippen molar-refractivity contribution in [2.45, 2.75) is 33.3 Å². The Morgan fingerprint density at radius 2 is 2.04 bits per heavy atom. The second-order valence-corrected chi connectivity index (χ2v) is 6.79. The highest BCUT2D eigenvalue weighted by molar-refractivity contribution is 6.09. The SMILES string of the molecule is CCOc1cc2c(c3[nH]c(C(=O)N(CC)c4ccccc4)cc13)O[C@@H](C)C2. The van der Waals surface area contributed by atoms with Gasteiger partial charge in [-0.15, -0.1) is 0 Å². The topological polar surface area (TPSA) is 54.6 Å². The number of ether oxygens (including phenoxy) is 2. The standard InChI is InChI=1S/C22H24N2O3/c1-4-24(16-9-7-6-8-10-16)22(25)18-13-17-19(26-5-2)12-15-11-14(3)27-21(15)20(17)23-18/h6-10,12-14,23H,4-5,11H2,1-3H3/t14-/m0/s1. The number of para-hydroxylation sites is 1. The molecule has 1 amide bonds. The van der Waals surface area contributed by atoms with Crippen molar-refractivity contribution in [3.63, 3.8) is 0 Å². The van der Waals surface area contributed by atoms with Gasteiger partial charge in [-0.05, 0) is 45.0 Å². The molecule has 1 N–H and O–H groups in total. The first kappa shape index (κ1) is 17.5. The number of rotatable bonds is 5. The van der Waals surface area contributed by atoms with Gasteiger partial charge in [-0.25, -0.2) is 0 Å². The molecule has 0 aliphatic carbocycles. The van der Waals surface area contributed by atoms with Crippen LogP contribution >= 0.6 is 0 Å². The van der Waals surface area contributed by atoms with Gasteiger partial charge in [0, 0.05) is 29.6 Å². The normalized spacial score (nSPS) is 15.4. The van der Waals surface area contributed by atoms with Crippen LogP contribution in [0, 0.1) is 0 Å². The average Bonchev–Trinajstić information content (AvgIpc) is 3.27. The van der Waals surface area contributed by atoms with Gasteiger partial charge >= 0.3 is 0 Å². The Hall–Kier alpha value is -2.95. The molecule has 5 heteroatoms. The lowest BCUT2D eigenvalue weighted by Crippen LogP contribution is -2.30. The van der Waals surface area contributed by atoms with E-state index in [1.807, 2.05) is 56.3 Å². The molecule has 1 aromatic heterocycles. The van der Waals surface area contributed by atoms with Crippen LogP contribution in [0.15, 0.2) is 42.5 Å². The van der Waals surface area contributed by atoms with Crippen LogP contribution < -0.4 is 14.4 Å². The minimum absolute atomic E-state index is 0.0675. The van der Waals surface area contributed by atoms with E-state index in [4.69, 9.17) is 9.47 Å². The maximum Gasteiger partial charge on any atom is 0.274 e. The number of hydrogen-bond donors (Lipinski definition) is 1. The van der Waals surface area contributed by atoms with E-state index < -0.39 is 0 Å². The van der Waals surface area contributed by atoms with E-state index in [1.54, 1.807) is 4.90 Å². The van der Waals surface area contributed by atoms with Gasteiger partial charge in [0.25, 0.3) is 5.91 Å². The molecule has 2 heterocycles. The summed E-state index contributed by atoms with van der Waals surface area (Å²) in [5, 5.41) is 0.886.